The molecule has 2 radical (unpaired) electrons. The first-order valence-corrected chi connectivity index (χ1v) is 18.5. The first kappa shape index (κ1) is 47.8. The third-order valence-electron chi connectivity index (χ3n) is 7.89. The van der Waals surface area contributed by atoms with Gasteiger partial charge in [0, 0.05) is 44.9 Å². The Morgan fingerprint density at radius 1 is 0.345 bits per heavy atom. The van der Waals surface area contributed by atoms with Gasteiger partial charge < -0.3 is 20.4 Å². The van der Waals surface area contributed by atoms with E-state index in [0.29, 0.717) is 68.5 Å². The summed E-state index contributed by atoms with van der Waals surface area (Å²) in [5.41, 5.74) is 5.81. The number of benzene rings is 6. The van der Waals surface area contributed by atoms with Crippen molar-refractivity contribution in [3.05, 3.63) is 186 Å². The molecule has 0 atom stereocenters. The quantitative estimate of drug-likeness (QED) is 0.0894. The fourth-order valence-electron chi connectivity index (χ4n) is 5.13. The Bertz CT molecular complexity index is 2090. The predicted octanol–water partition coefficient (Wildman–Crippen LogP) is 8.75. The monoisotopic (exact) mass is 946 g/mol. The van der Waals surface area contributed by atoms with Gasteiger partial charge >= 0.3 is 34.1 Å². The van der Waals surface area contributed by atoms with Gasteiger partial charge in [0.2, 0.25) is 0 Å². The molecule has 0 aliphatic carbocycles. The number of hydrogen-bond acceptors (Lipinski definition) is 8. The molecule has 0 spiro atoms. The summed E-state index contributed by atoms with van der Waals surface area (Å²) in [5.74, 6) is -0.463. The Kier molecular flexibility index (Phi) is 20.1. The third kappa shape index (κ3) is 15.6. The number of hydrogen-bond donors (Lipinski definition) is 0. The summed E-state index contributed by atoms with van der Waals surface area (Å²) in [7, 11) is 0. The molecule has 8 nitrogen and oxygen atoms in total. The van der Waals surface area contributed by atoms with Gasteiger partial charge in [-0.1, -0.05) is 142 Å². The van der Waals surface area contributed by atoms with Crippen molar-refractivity contribution in [2.45, 2.75) is 26.2 Å². The molecule has 0 amide bonds. The number of halogens is 4. The van der Waals surface area contributed by atoms with Crippen LogP contribution in [0.3, 0.4) is 0 Å². The van der Waals surface area contributed by atoms with Crippen LogP contribution in [-0.2, 0) is 60.3 Å². The first-order valence-electron chi connectivity index (χ1n) is 17.0. The molecule has 0 fully saturated rings. The van der Waals surface area contributed by atoms with Gasteiger partial charge in [-0.25, -0.2) is 0 Å². The maximum atomic E-state index is 11.8. The van der Waals surface area contributed by atoms with Crippen LogP contribution in [0.4, 0.5) is 0 Å². The van der Waals surface area contributed by atoms with E-state index in [9.17, 15) is 20.4 Å². The third-order valence-corrected chi connectivity index (χ3v) is 8.83. The van der Waals surface area contributed by atoms with Crippen molar-refractivity contribution in [1.82, 2.24) is 0 Å². The minimum Gasteiger partial charge on any atom is -0.872 e. The van der Waals surface area contributed by atoms with E-state index < -0.39 is 0 Å². The maximum absolute atomic E-state index is 11.8. The molecule has 14 heteroatoms. The summed E-state index contributed by atoms with van der Waals surface area (Å²) in [6.07, 6.45) is 6.14. The smallest absolute Gasteiger partial charge is 0.872 e. The van der Waals surface area contributed by atoms with E-state index >= 15 is 0 Å². The first-order chi connectivity index (χ1) is 27.0. The van der Waals surface area contributed by atoms with E-state index in [1.165, 1.54) is 49.1 Å². The molecular weight excluding hydrogens is 917 g/mol. The van der Waals surface area contributed by atoms with E-state index in [1.807, 2.05) is 48.5 Å². The average molecular weight is 950 g/mol. The second kappa shape index (κ2) is 24.4. The second-order valence-electron chi connectivity index (χ2n) is 12.2. The summed E-state index contributed by atoms with van der Waals surface area (Å²) in [4.78, 5) is 17.3. The van der Waals surface area contributed by atoms with Crippen LogP contribution >= 0.6 is 46.4 Å². The van der Waals surface area contributed by atoms with E-state index in [1.54, 1.807) is 48.5 Å². The Balaban J connectivity index is 0.000000300. The molecule has 6 rings (SSSR count). The molecule has 6 aromatic rings. The van der Waals surface area contributed by atoms with Gasteiger partial charge in [-0.15, -0.1) is 0 Å². The Morgan fingerprint density at radius 3 is 0.793 bits per heavy atom. The topological polar surface area (TPSA) is 142 Å². The number of aliphatic imine (C=N–C) groups is 4. The molecule has 0 aromatic heterocycles. The zero-order chi connectivity index (χ0) is 39.9. The minimum atomic E-state index is -0.116. The molecule has 0 N–H and O–H groups in total. The molecular formula is C44H32Cl4Cu2N4O4. The largest absolute Gasteiger partial charge is 2.00 e. The van der Waals surface area contributed by atoms with E-state index in [-0.39, 0.29) is 57.1 Å². The van der Waals surface area contributed by atoms with E-state index in [2.05, 4.69) is 20.0 Å². The number of nitrogens with zero attached hydrogens (tertiary/aromatic N) is 4. The zero-order valence-corrected chi connectivity index (χ0v) is 35.1. The molecule has 0 saturated heterocycles. The van der Waals surface area contributed by atoms with Crippen LogP contribution in [0.2, 0.25) is 20.1 Å². The SMILES string of the molecule is [Cu+2].[Cu+2].[O-]c1ccc(Cl)cc1C=NCc1cccc(CN=Cc2cc(Cl)ccc2[O-])c1.[O-]c1ccc(Cl)cc1C=NCc1cccc(CN=Cc2cc(Cl)ccc2[O-])c1. The van der Waals surface area contributed by atoms with Crippen LogP contribution in [0.1, 0.15) is 44.5 Å². The summed E-state index contributed by atoms with van der Waals surface area (Å²) >= 11 is 23.6. The van der Waals surface area contributed by atoms with Crippen molar-refractivity contribution in [3.63, 3.8) is 0 Å². The fourth-order valence-corrected chi connectivity index (χ4v) is 5.85. The normalized spacial score (nSPS) is 11.1. The molecule has 0 aliphatic heterocycles. The van der Waals surface area contributed by atoms with Gasteiger partial charge in [-0.2, -0.15) is 0 Å². The van der Waals surface area contributed by atoms with E-state index in [4.69, 9.17) is 46.4 Å². The van der Waals surface area contributed by atoms with Crippen molar-refractivity contribution < 1.29 is 54.6 Å². The van der Waals surface area contributed by atoms with Crippen molar-refractivity contribution in [2.75, 3.05) is 0 Å². The molecule has 0 aliphatic rings. The van der Waals surface area contributed by atoms with Crippen LogP contribution in [0.15, 0.2) is 141 Å². The zero-order valence-electron chi connectivity index (χ0n) is 30.2. The molecule has 0 unspecified atom stereocenters. The summed E-state index contributed by atoms with van der Waals surface area (Å²) < 4.78 is 0. The Labute approximate surface area is 378 Å². The van der Waals surface area contributed by atoms with Gasteiger partial charge in [0.15, 0.2) is 0 Å². The Morgan fingerprint density at radius 2 is 0.569 bits per heavy atom. The van der Waals surface area contributed by atoms with Gasteiger partial charge in [-0.05, 0) is 93.0 Å². The molecule has 6 aromatic carbocycles. The van der Waals surface area contributed by atoms with Crippen LogP contribution in [-0.4, -0.2) is 24.9 Å². The standard InChI is InChI=1S/2C22H18Cl2N2O2.2Cu/c2*23-19-4-6-21(27)17(9-19)13-25-11-15-2-1-3-16(8-15)12-26-14-18-10-20(24)5-7-22(18)28;;/h2*1-10,13-14,27-28H,11-12H2;;/q;;2*+2/p-4. The average Bonchev–Trinajstić information content (AvgIpc) is 3.18. The van der Waals surface area contributed by atoms with Gasteiger partial charge in [0.25, 0.3) is 0 Å². The van der Waals surface area contributed by atoms with Crippen LogP contribution in [0.25, 0.3) is 0 Å². The van der Waals surface area contributed by atoms with Crippen LogP contribution in [0, 0.1) is 0 Å². The van der Waals surface area contributed by atoms with E-state index in [0.717, 1.165) is 22.3 Å². The van der Waals surface area contributed by atoms with Crippen LogP contribution < -0.4 is 20.4 Å². The fraction of sp³-hybridized carbons (Fsp3) is 0.0909. The van der Waals surface area contributed by atoms with Crippen molar-refractivity contribution in [3.8, 4) is 23.0 Å². The maximum Gasteiger partial charge on any atom is 2.00 e. The second-order valence-corrected chi connectivity index (χ2v) is 14.0. The van der Waals surface area contributed by atoms with Gasteiger partial charge in [0.05, 0.1) is 26.2 Å². The van der Waals surface area contributed by atoms with Crippen molar-refractivity contribution in [2.24, 2.45) is 20.0 Å². The summed E-state index contributed by atoms with van der Waals surface area (Å²) in [6.45, 7) is 1.73. The molecule has 302 valence electrons. The molecule has 0 heterocycles. The van der Waals surface area contributed by atoms with Gasteiger partial charge in [0.1, 0.15) is 0 Å². The van der Waals surface area contributed by atoms with Crippen molar-refractivity contribution >= 4 is 71.3 Å². The van der Waals surface area contributed by atoms with Gasteiger partial charge in [-0.3, -0.25) is 20.0 Å². The molecule has 0 bridgehead atoms. The molecule has 0 saturated carbocycles. The minimum absolute atomic E-state index is 0. The van der Waals surface area contributed by atoms with Crippen LogP contribution in [0.5, 0.6) is 23.0 Å². The number of rotatable bonds is 12. The summed E-state index contributed by atoms with van der Waals surface area (Å²) in [6, 6.07) is 34.0. The molecule has 58 heavy (non-hydrogen) atoms. The Hall–Kier alpha value is -4.60. The van der Waals surface area contributed by atoms with Crippen molar-refractivity contribution in [1.29, 1.82) is 0 Å². The summed E-state index contributed by atoms with van der Waals surface area (Å²) in [5, 5.41) is 49.0. The predicted molar refractivity (Wildman–Crippen MR) is 222 cm³/mol.